The zero-order valence-electron chi connectivity index (χ0n) is 17.2. The number of hydrogen-bond acceptors (Lipinski definition) is 6. The normalized spacial score (nSPS) is 14.1. The first-order valence-electron chi connectivity index (χ1n) is 9.89. The van der Waals surface area contributed by atoms with Gasteiger partial charge in [-0.25, -0.2) is 0 Å². The second-order valence-electron chi connectivity index (χ2n) is 7.44. The number of aromatic hydroxyl groups is 2. The van der Waals surface area contributed by atoms with Gasteiger partial charge in [0, 0.05) is 29.4 Å². The highest BCUT2D eigenvalue weighted by molar-refractivity contribution is 6.31. The van der Waals surface area contributed by atoms with Crippen molar-refractivity contribution in [2.75, 3.05) is 0 Å². The Hall–Kier alpha value is -4.39. The van der Waals surface area contributed by atoms with Crippen LogP contribution in [0.5, 0.6) is 11.5 Å². The molecule has 0 spiro atoms. The summed E-state index contributed by atoms with van der Waals surface area (Å²) in [5.41, 5.74) is 3.96. The minimum atomic E-state index is -0.529. The number of phenols is 2. The number of carbonyl (C=O) groups is 3. The maximum Gasteiger partial charge on any atom is 0.260 e. The van der Waals surface area contributed by atoms with Crippen LogP contribution >= 0.6 is 0 Å². The number of nitrogens with one attached hydrogen (secondary N) is 2. The lowest BCUT2D eigenvalue weighted by Gasteiger charge is -2.19. The van der Waals surface area contributed by atoms with E-state index in [-0.39, 0.29) is 29.4 Å². The summed E-state index contributed by atoms with van der Waals surface area (Å²) >= 11 is 0. The van der Waals surface area contributed by atoms with Crippen molar-refractivity contribution >= 4 is 23.2 Å². The molecule has 1 heterocycles. The van der Waals surface area contributed by atoms with Crippen LogP contribution in [0.3, 0.4) is 0 Å². The molecule has 3 aromatic rings. The van der Waals surface area contributed by atoms with E-state index >= 15 is 0 Å². The highest BCUT2D eigenvalue weighted by Gasteiger charge is 2.27. The zero-order chi connectivity index (χ0) is 22.8. The van der Waals surface area contributed by atoms with Gasteiger partial charge in [0.1, 0.15) is 0 Å². The van der Waals surface area contributed by atoms with E-state index in [0.29, 0.717) is 22.3 Å². The Labute approximate surface area is 184 Å². The molecule has 0 saturated heterocycles. The molecule has 0 atom stereocenters. The van der Waals surface area contributed by atoms with E-state index in [1.807, 2.05) is 6.07 Å². The van der Waals surface area contributed by atoms with Crippen molar-refractivity contribution < 1.29 is 24.6 Å². The van der Waals surface area contributed by atoms with Crippen molar-refractivity contribution in [3.8, 4) is 22.6 Å². The largest absolute Gasteiger partial charge is 0.504 e. The highest BCUT2D eigenvalue weighted by atomic mass is 16.3. The Kier molecular flexibility index (Phi) is 5.47. The van der Waals surface area contributed by atoms with E-state index in [1.165, 1.54) is 25.3 Å². The summed E-state index contributed by atoms with van der Waals surface area (Å²) < 4.78 is 0. The molecule has 4 N–H and O–H groups in total. The molecule has 0 aromatic heterocycles. The lowest BCUT2D eigenvalue weighted by molar-refractivity contribution is -0.114. The maximum absolute atomic E-state index is 12.5. The summed E-state index contributed by atoms with van der Waals surface area (Å²) in [6.45, 7) is 1.78. The lowest BCUT2D eigenvalue weighted by Crippen LogP contribution is -2.37. The molecule has 0 unspecified atom stereocenters. The van der Waals surface area contributed by atoms with Crippen molar-refractivity contribution in [3.63, 3.8) is 0 Å². The number of ketones is 1. The topological polar surface area (TPSA) is 116 Å². The smallest absolute Gasteiger partial charge is 0.260 e. The van der Waals surface area contributed by atoms with Gasteiger partial charge in [-0.2, -0.15) is 0 Å². The third-order valence-corrected chi connectivity index (χ3v) is 5.22. The Balaban J connectivity index is 1.68. The first-order valence-corrected chi connectivity index (χ1v) is 9.89. The van der Waals surface area contributed by atoms with Crippen LogP contribution in [0, 0.1) is 0 Å². The minimum absolute atomic E-state index is 0.0515. The molecule has 0 saturated carbocycles. The molecule has 1 aliphatic heterocycles. The summed E-state index contributed by atoms with van der Waals surface area (Å²) in [5.74, 6) is -1.51. The van der Waals surface area contributed by atoms with Gasteiger partial charge in [0.15, 0.2) is 17.3 Å². The number of carbonyl (C=O) groups excluding carboxylic acids is 3. The molecule has 3 aromatic carbocycles. The maximum atomic E-state index is 12.5. The summed E-state index contributed by atoms with van der Waals surface area (Å²) in [6.07, 6.45) is 1.51. The molecule has 0 radical (unpaired) electrons. The fourth-order valence-electron chi connectivity index (χ4n) is 3.52. The van der Waals surface area contributed by atoms with Crippen molar-refractivity contribution in [2.24, 2.45) is 0 Å². The number of fused-ring (bicyclic) bond motifs is 1. The van der Waals surface area contributed by atoms with Crippen LogP contribution in [0.25, 0.3) is 16.7 Å². The molecule has 0 aliphatic carbocycles. The quantitative estimate of drug-likeness (QED) is 0.214. The first kappa shape index (κ1) is 20.9. The van der Waals surface area contributed by atoms with Crippen LogP contribution in [0.1, 0.15) is 38.8 Å². The van der Waals surface area contributed by atoms with Gasteiger partial charge in [-0.15, -0.1) is 0 Å². The van der Waals surface area contributed by atoms with Gasteiger partial charge in [-0.3, -0.25) is 19.7 Å². The summed E-state index contributed by atoms with van der Waals surface area (Å²) in [7, 11) is 0. The van der Waals surface area contributed by atoms with Gasteiger partial charge >= 0.3 is 0 Å². The number of hydrogen-bond donors (Lipinski definition) is 4. The molecule has 7 heteroatoms. The summed E-state index contributed by atoms with van der Waals surface area (Å²) in [6, 6.07) is 16.8. The van der Waals surface area contributed by atoms with Gasteiger partial charge in [0.25, 0.3) is 11.8 Å². The van der Waals surface area contributed by atoms with E-state index in [9.17, 15) is 24.6 Å². The Morgan fingerprint density at radius 2 is 1.69 bits per heavy atom. The van der Waals surface area contributed by atoms with Crippen molar-refractivity contribution in [1.29, 1.82) is 0 Å². The SMILES string of the molecule is CC(=O)c1cccc(-c2ccc3c(c2)C(=CNCc2ccc(O)c(O)c2)C(=O)NC3=O)c1. The van der Waals surface area contributed by atoms with Gasteiger partial charge < -0.3 is 15.5 Å². The average Bonchev–Trinajstić information content (AvgIpc) is 2.78. The Morgan fingerprint density at radius 3 is 2.44 bits per heavy atom. The van der Waals surface area contributed by atoms with Crippen LogP contribution in [0.4, 0.5) is 0 Å². The average molecular weight is 428 g/mol. The van der Waals surface area contributed by atoms with E-state index in [2.05, 4.69) is 10.6 Å². The third kappa shape index (κ3) is 4.09. The van der Waals surface area contributed by atoms with Crippen molar-refractivity contribution in [2.45, 2.75) is 13.5 Å². The monoisotopic (exact) mass is 428 g/mol. The Morgan fingerprint density at radius 1 is 0.906 bits per heavy atom. The second-order valence-corrected chi connectivity index (χ2v) is 7.44. The van der Waals surface area contributed by atoms with Crippen LogP contribution in [-0.2, 0) is 11.3 Å². The molecule has 160 valence electrons. The molecular weight excluding hydrogens is 408 g/mol. The zero-order valence-corrected chi connectivity index (χ0v) is 17.2. The van der Waals surface area contributed by atoms with E-state index in [1.54, 1.807) is 42.5 Å². The molecular formula is C25H20N2O5. The minimum Gasteiger partial charge on any atom is -0.504 e. The summed E-state index contributed by atoms with van der Waals surface area (Å²) in [5, 5.41) is 24.4. The summed E-state index contributed by atoms with van der Waals surface area (Å²) in [4.78, 5) is 36.6. The number of Topliss-reactive ketones (excluding diaryl/α,β-unsaturated/α-hetero) is 1. The molecule has 0 fully saturated rings. The predicted octanol–water partition coefficient (Wildman–Crippen LogP) is 3.37. The Bertz CT molecular complexity index is 1290. The van der Waals surface area contributed by atoms with Gasteiger partial charge in [0.2, 0.25) is 0 Å². The molecule has 7 nitrogen and oxygen atoms in total. The molecule has 4 rings (SSSR count). The number of amides is 2. The number of phenolic OH excluding ortho intramolecular Hbond substituents is 2. The van der Waals surface area contributed by atoms with Crippen LogP contribution < -0.4 is 10.6 Å². The highest BCUT2D eigenvalue weighted by Crippen LogP contribution is 2.30. The third-order valence-electron chi connectivity index (χ3n) is 5.22. The van der Waals surface area contributed by atoms with Crippen LogP contribution in [0.2, 0.25) is 0 Å². The second kappa shape index (κ2) is 8.39. The lowest BCUT2D eigenvalue weighted by atomic mass is 9.91. The van der Waals surface area contributed by atoms with Crippen molar-refractivity contribution in [3.05, 3.63) is 89.1 Å². The van der Waals surface area contributed by atoms with Crippen LogP contribution in [0.15, 0.2) is 66.9 Å². The number of rotatable bonds is 5. The van der Waals surface area contributed by atoms with Gasteiger partial charge in [-0.05, 0) is 53.9 Å². The fourth-order valence-corrected chi connectivity index (χ4v) is 3.52. The number of imide groups is 1. The predicted molar refractivity (Wildman–Crippen MR) is 119 cm³/mol. The van der Waals surface area contributed by atoms with Crippen LogP contribution in [-0.4, -0.2) is 27.8 Å². The van der Waals surface area contributed by atoms with Gasteiger partial charge in [-0.1, -0.05) is 30.3 Å². The first-order chi connectivity index (χ1) is 15.3. The molecule has 1 aliphatic rings. The molecule has 32 heavy (non-hydrogen) atoms. The fraction of sp³-hybridized carbons (Fsp3) is 0.0800. The van der Waals surface area contributed by atoms with E-state index in [0.717, 1.165) is 11.1 Å². The molecule has 2 amide bonds. The van der Waals surface area contributed by atoms with Gasteiger partial charge in [0.05, 0.1) is 5.57 Å². The standard InChI is InChI=1S/C25H20N2O5/c1-14(28)16-3-2-4-17(10-16)18-6-7-19-20(11-18)21(25(32)27-24(19)31)13-26-12-15-5-8-22(29)23(30)9-15/h2-11,13,26,29-30H,12H2,1H3,(H,27,31,32). The van der Waals surface area contributed by atoms with E-state index < -0.39 is 11.8 Å². The number of benzene rings is 3. The molecule has 0 bridgehead atoms. The van der Waals surface area contributed by atoms with Crippen molar-refractivity contribution in [1.82, 2.24) is 10.6 Å². The van der Waals surface area contributed by atoms with E-state index in [4.69, 9.17) is 0 Å².